The lowest BCUT2D eigenvalue weighted by molar-refractivity contribution is 0.148. The Morgan fingerprint density at radius 1 is 0.636 bits per heavy atom. The van der Waals surface area contributed by atoms with Crippen LogP contribution < -0.4 is 18.9 Å². The molecule has 55 heavy (non-hydrogen) atoms. The maximum Gasteiger partial charge on any atom is 0.137 e. The third kappa shape index (κ3) is 9.57. The Morgan fingerprint density at radius 3 is 1.69 bits per heavy atom. The smallest absolute Gasteiger partial charge is 0.137 e. The van der Waals surface area contributed by atoms with Gasteiger partial charge in [0.25, 0.3) is 0 Å². The van der Waals surface area contributed by atoms with E-state index in [-0.39, 0.29) is 12.2 Å². The largest absolute Gasteiger partial charge is 0.490 e. The van der Waals surface area contributed by atoms with Crippen molar-refractivity contribution >= 4 is 31.9 Å². The minimum absolute atomic E-state index is 0.00234. The van der Waals surface area contributed by atoms with Gasteiger partial charge in [0.05, 0.1) is 23.3 Å². The van der Waals surface area contributed by atoms with E-state index in [0.717, 1.165) is 50.2 Å². The molecule has 2 aliphatic heterocycles. The first-order chi connectivity index (χ1) is 26.8. The summed E-state index contributed by atoms with van der Waals surface area (Å²) in [6.07, 6.45) is 1.61. The summed E-state index contributed by atoms with van der Waals surface area (Å²) in [6.45, 7) is 0.985. The second-order valence-electron chi connectivity index (χ2n) is 13.3. The van der Waals surface area contributed by atoms with Gasteiger partial charge in [-0.3, -0.25) is 0 Å². The Balaban J connectivity index is 0.000000169. The van der Waals surface area contributed by atoms with E-state index in [1.165, 1.54) is 11.1 Å². The summed E-state index contributed by atoms with van der Waals surface area (Å²) >= 11 is 6.86. The first kappa shape index (κ1) is 37.7. The number of fused-ring (bicyclic) bond motifs is 2. The molecule has 274 valence electrons. The van der Waals surface area contributed by atoms with Crippen LogP contribution in [0.1, 0.15) is 50.6 Å². The van der Waals surface area contributed by atoms with Crippen molar-refractivity contribution in [3.8, 4) is 35.1 Å². The summed E-state index contributed by atoms with van der Waals surface area (Å²) in [5.74, 6) is 3.43. The molecule has 0 amide bonds. The van der Waals surface area contributed by atoms with Crippen LogP contribution in [-0.2, 0) is 19.3 Å². The minimum atomic E-state index is -0.881. The van der Waals surface area contributed by atoms with Crippen LogP contribution in [0.5, 0.6) is 23.0 Å². The van der Waals surface area contributed by atoms with E-state index in [2.05, 4.69) is 56.1 Å². The zero-order valence-electron chi connectivity index (χ0n) is 29.7. The summed E-state index contributed by atoms with van der Waals surface area (Å²) in [7, 11) is 0. The summed E-state index contributed by atoms with van der Waals surface area (Å²) < 4.78 is 25.4. The Hall–Kier alpha value is -5.58. The van der Waals surface area contributed by atoms with Crippen LogP contribution in [-0.4, -0.2) is 30.5 Å². The third-order valence-corrected chi connectivity index (χ3v) is 10.4. The van der Waals surface area contributed by atoms with E-state index in [1.807, 2.05) is 103 Å². The monoisotopic (exact) mass is 854 g/mol. The van der Waals surface area contributed by atoms with Gasteiger partial charge in [-0.05, 0) is 107 Å². The first-order valence-corrected chi connectivity index (χ1v) is 19.4. The number of nitrogens with zero attached hydrogens (tertiary/aromatic N) is 2. The molecule has 2 heterocycles. The zero-order chi connectivity index (χ0) is 38.1. The number of nitriles is 2. The van der Waals surface area contributed by atoms with Crippen molar-refractivity contribution < 1.29 is 24.1 Å². The van der Waals surface area contributed by atoms with Gasteiger partial charge in [-0.25, -0.2) is 0 Å². The van der Waals surface area contributed by atoms with E-state index < -0.39 is 6.10 Å². The fourth-order valence-corrected chi connectivity index (χ4v) is 7.39. The Bertz CT molecular complexity index is 2300. The molecule has 7 nitrogen and oxygen atoms in total. The van der Waals surface area contributed by atoms with E-state index in [9.17, 15) is 15.6 Å². The zero-order valence-corrected chi connectivity index (χ0v) is 32.9. The average molecular weight is 857 g/mol. The lowest BCUT2D eigenvalue weighted by Crippen LogP contribution is -2.22. The van der Waals surface area contributed by atoms with Crippen molar-refractivity contribution in [3.63, 3.8) is 0 Å². The fourth-order valence-electron chi connectivity index (χ4n) is 6.60. The number of halogens is 2. The molecule has 2 aliphatic rings. The van der Waals surface area contributed by atoms with Crippen molar-refractivity contribution in [1.82, 2.24) is 0 Å². The predicted octanol–water partition coefficient (Wildman–Crippen LogP) is 10.1. The molecule has 0 saturated carbocycles. The van der Waals surface area contributed by atoms with Crippen LogP contribution >= 0.6 is 31.9 Å². The molecule has 1 N–H and O–H groups in total. The molecular weight excluding hydrogens is 820 g/mol. The molecule has 0 aromatic heterocycles. The molecule has 6 aromatic rings. The number of aliphatic hydroxyl groups excluding tert-OH is 1. The van der Waals surface area contributed by atoms with Gasteiger partial charge >= 0.3 is 0 Å². The number of para-hydroxylation sites is 2. The predicted molar refractivity (Wildman–Crippen MR) is 218 cm³/mol. The highest BCUT2D eigenvalue weighted by Gasteiger charge is 2.24. The molecule has 3 unspecified atom stereocenters. The molecule has 0 spiro atoms. The van der Waals surface area contributed by atoms with Crippen molar-refractivity contribution in [1.29, 1.82) is 10.5 Å². The second kappa shape index (κ2) is 17.7. The molecule has 8 rings (SSSR count). The number of benzene rings is 6. The van der Waals surface area contributed by atoms with Crippen LogP contribution in [0.15, 0.2) is 142 Å². The second-order valence-corrected chi connectivity index (χ2v) is 15.1. The van der Waals surface area contributed by atoms with Crippen molar-refractivity contribution in [2.75, 3.05) is 13.2 Å². The molecule has 3 atom stereocenters. The van der Waals surface area contributed by atoms with Crippen LogP contribution in [0, 0.1) is 22.7 Å². The van der Waals surface area contributed by atoms with Gasteiger partial charge in [0.15, 0.2) is 0 Å². The quantitative estimate of drug-likeness (QED) is 0.146. The molecule has 6 aromatic carbocycles. The highest BCUT2D eigenvalue weighted by Crippen LogP contribution is 2.31. The normalized spacial score (nSPS) is 15.4. The number of hydrogen-bond acceptors (Lipinski definition) is 7. The van der Waals surface area contributed by atoms with Crippen molar-refractivity contribution in [2.45, 2.75) is 37.6 Å². The SMILES string of the molecule is N#Cc1ccc(Br)cc1C(O)c1ccc(OCC2Cc3ccccc3O2)cc1.N#Cc1ccc(Br)cc1Cc1ccc(OCC2Cc3ccccc3O2)cc1. The number of hydrogen-bond donors (Lipinski definition) is 1. The summed E-state index contributed by atoms with van der Waals surface area (Å²) in [6, 6.07) is 46.8. The summed E-state index contributed by atoms with van der Waals surface area (Å²) in [5, 5.41) is 29.2. The Morgan fingerprint density at radius 2 is 1.15 bits per heavy atom. The molecule has 0 radical (unpaired) electrons. The molecule has 0 fully saturated rings. The maximum atomic E-state index is 10.7. The van der Waals surface area contributed by atoms with Gasteiger partial charge in [0.1, 0.15) is 54.5 Å². The van der Waals surface area contributed by atoms with Gasteiger partial charge < -0.3 is 24.1 Å². The molecular formula is C46H36Br2N2O5. The number of rotatable bonds is 10. The van der Waals surface area contributed by atoms with Crippen LogP contribution in [0.2, 0.25) is 0 Å². The highest BCUT2D eigenvalue weighted by atomic mass is 79.9. The van der Waals surface area contributed by atoms with E-state index in [0.29, 0.717) is 47.6 Å². The summed E-state index contributed by atoms with van der Waals surface area (Å²) in [4.78, 5) is 0. The first-order valence-electron chi connectivity index (χ1n) is 17.8. The van der Waals surface area contributed by atoms with Gasteiger partial charge in [-0.1, -0.05) is 92.5 Å². The van der Waals surface area contributed by atoms with E-state index >= 15 is 0 Å². The van der Waals surface area contributed by atoms with Crippen LogP contribution in [0.4, 0.5) is 0 Å². The number of aliphatic hydroxyl groups is 1. The molecule has 9 heteroatoms. The van der Waals surface area contributed by atoms with Gasteiger partial charge in [-0.15, -0.1) is 0 Å². The average Bonchev–Trinajstić information content (AvgIpc) is 3.84. The van der Waals surface area contributed by atoms with E-state index in [4.69, 9.17) is 18.9 Å². The topological polar surface area (TPSA) is 105 Å². The third-order valence-electron chi connectivity index (χ3n) is 9.43. The van der Waals surface area contributed by atoms with E-state index in [1.54, 1.807) is 18.2 Å². The molecule has 0 saturated heterocycles. The highest BCUT2D eigenvalue weighted by molar-refractivity contribution is 9.10. The lowest BCUT2D eigenvalue weighted by atomic mass is 9.97. The molecule has 0 bridgehead atoms. The standard InChI is InChI=1S/C23H18BrNO3.C23H18BrNO2/c24-18-8-5-17(13-25)21(12-18)23(26)15-6-9-19(10-7-15)27-14-20-11-16-3-1-2-4-22(16)28-20;24-20-8-7-18(14-25)19(12-20)11-16-5-9-21(10-6-16)26-15-22-13-17-3-1-2-4-23(17)27-22/h1-10,12,20,23,26H,11,14H2;1-10,12,22H,11,13,15H2. The van der Waals surface area contributed by atoms with Crippen LogP contribution in [0.3, 0.4) is 0 Å². The van der Waals surface area contributed by atoms with Gasteiger partial charge in [0, 0.05) is 27.4 Å². The Kier molecular flexibility index (Phi) is 12.1. The van der Waals surface area contributed by atoms with Gasteiger partial charge in [-0.2, -0.15) is 10.5 Å². The Labute approximate surface area is 337 Å². The van der Waals surface area contributed by atoms with Crippen molar-refractivity contribution in [2.24, 2.45) is 0 Å². The lowest BCUT2D eigenvalue weighted by Gasteiger charge is -2.15. The van der Waals surface area contributed by atoms with Crippen molar-refractivity contribution in [3.05, 3.63) is 187 Å². The van der Waals surface area contributed by atoms with Gasteiger partial charge in [0.2, 0.25) is 0 Å². The fraction of sp³-hybridized carbons (Fsp3) is 0.174. The minimum Gasteiger partial charge on any atom is -0.490 e. The number of ether oxygens (including phenoxy) is 4. The summed E-state index contributed by atoms with van der Waals surface area (Å²) in [5.41, 5.74) is 7.03. The van der Waals surface area contributed by atoms with Crippen LogP contribution in [0.25, 0.3) is 0 Å². The molecule has 0 aliphatic carbocycles. The maximum absolute atomic E-state index is 10.7.